The second-order valence-electron chi connectivity index (χ2n) is 10.3. The molecular weight excluding hydrogens is 496 g/mol. The average molecular weight is 528 g/mol. The molecule has 9 nitrogen and oxygen atoms in total. The molecule has 2 fully saturated rings. The zero-order valence-electron chi connectivity index (χ0n) is 21.3. The number of aryl methyl sites for hydroxylation is 1. The number of nitrogens with one attached hydrogen (secondary N) is 3. The van der Waals surface area contributed by atoms with Crippen molar-refractivity contribution >= 4 is 22.8 Å². The van der Waals surface area contributed by atoms with E-state index >= 15 is 0 Å². The second-order valence-corrected chi connectivity index (χ2v) is 10.3. The van der Waals surface area contributed by atoms with E-state index in [4.69, 9.17) is 4.74 Å². The van der Waals surface area contributed by atoms with Gasteiger partial charge in [0.1, 0.15) is 41.4 Å². The van der Waals surface area contributed by atoms with Gasteiger partial charge >= 0.3 is 0 Å². The highest BCUT2D eigenvalue weighted by Gasteiger charge is 2.34. The van der Waals surface area contributed by atoms with Crippen LogP contribution in [-0.2, 0) is 4.79 Å². The summed E-state index contributed by atoms with van der Waals surface area (Å²) < 4.78 is 35.2. The summed E-state index contributed by atoms with van der Waals surface area (Å²) in [5, 5.41) is 14.8. The maximum Gasteiger partial charge on any atom is 0.255 e. The number of hydrogen-bond donors (Lipinski definition) is 4. The first kappa shape index (κ1) is 26.0. The molecule has 202 valence electrons. The van der Waals surface area contributed by atoms with Gasteiger partial charge in [0, 0.05) is 23.7 Å². The van der Waals surface area contributed by atoms with Crippen molar-refractivity contribution in [1.82, 2.24) is 25.6 Å². The molecule has 3 aromatic rings. The SMILES string of the molecule is Cc1[nH]c2c(-c3cc(F)ccc3OCC3CC3)ncnc2c1C(=O)N[C@@H]1CC[C@H](NC(=O)[C@H](C)O)C[C@H]1F. The number of aromatic amines is 1. The Balaban J connectivity index is 1.37. The molecule has 2 aliphatic carbocycles. The van der Waals surface area contributed by atoms with Crippen LogP contribution in [0.4, 0.5) is 8.78 Å². The summed E-state index contributed by atoms with van der Waals surface area (Å²) in [4.78, 5) is 36.9. The molecule has 2 saturated carbocycles. The minimum Gasteiger partial charge on any atom is -0.493 e. The normalized spacial score (nSPS) is 22.2. The lowest BCUT2D eigenvalue weighted by Crippen LogP contribution is -2.51. The maximum atomic E-state index is 15.0. The molecule has 0 saturated heterocycles. The summed E-state index contributed by atoms with van der Waals surface area (Å²) in [6.07, 6.45) is 1.81. The number of rotatable bonds is 8. The summed E-state index contributed by atoms with van der Waals surface area (Å²) in [6, 6.07) is 3.11. The van der Waals surface area contributed by atoms with Crippen LogP contribution >= 0.6 is 0 Å². The number of aromatic nitrogens is 3. The average Bonchev–Trinajstić information content (AvgIpc) is 3.64. The molecule has 0 radical (unpaired) electrons. The molecule has 38 heavy (non-hydrogen) atoms. The van der Waals surface area contributed by atoms with Gasteiger partial charge in [0.2, 0.25) is 5.91 Å². The van der Waals surface area contributed by atoms with Gasteiger partial charge in [-0.15, -0.1) is 0 Å². The first-order valence-electron chi connectivity index (χ1n) is 12.9. The molecule has 5 rings (SSSR count). The topological polar surface area (TPSA) is 129 Å². The number of amides is 2. The molecule has 2 aromatic heterocycles. The van der Waals surface area contributed by atoms with Crippen molar-refractivity contribution in [3.05, 3.63) is 41.6 Å². The first-order valence-corrected chi connectivity index (χ1v) is 12.9. The highest BCUT2D eigenvalue weighted by atomic mass is 19.1. The number of halogens is 2. The van der Waals surface area contributed by atoms with Gasteiger partial charge in [0.05, 0.1) is 23.7 Å². The number of fused-ring (bicyclic) bond motifs is 1. The number of H-pyrrole nitrogens is 1. The second kappa shape index (κ2) is 10.6. The third-order valence-corrected chi connectivity index (χ3v) is 7.18. The monoisotopic (exact) mass is 527 g/mol. The molecule has 4 atom stereocenters. The van der Waals surface area contributed by atoms with Crippen LogP contribution in [0.15, 0.2) is 24.5 Å². The summed E-state index contributed by atoms with van der Waals surface area (Å²) in [7, 11) is 0. The van der Waals surface area contributed by atoms with Gasteiger partial charge in [0.25, 0.3) is 5.91 Å². The highest BCUT2D eigenvalue weighted by Crippen LogP contribution is 2.37. The van der Waals surface area contributed by atoms with Gasteiger partial charge in [-0.05, 0) is 63.6 Å². The largest absolute Gasteiger partial charge is 0.493 e. The van der Waals surface area contributed by atoms with Gasteiger partial charge < -0.3 is 25.5 Å². The smallest absolute Gasteiger partial charge is 0.255 e. The summed E-state index contributed by atoms with van der Waals surface area (Å²) >= 11 is 0. The van der Waals surface area contributed by atoms with E-state index in [2.05, 4.69) is 25.6 Å². The van der Waals surface area contributed by atoms with Crippen molar-refractivity contribution in [3.63, 3.8) is 0 Å². The van der Waals surface area contributed by atoms with Crippen LogP contribution < -0.4 is 15.4 Å². The molecule has 2 amide bonds. The zero-order valence-corrected chi connectivity index (χ0v) is 21.3. The van der Waals surface area contributed by atoms with Gasteiger partial charge in [-0.1, -0.05) is 0 Å². The molecule has 0 aliphatic heterocycles. The van der Waals surface area contributed by atoms with Crippen molar-refractivity contribution in [2.75, 3.05) is 6.61 Å². The Morgan fingerprint density at radius 1 is 1.21 bits per heavy atom. The minimum absolute atomic E-state index is 0.0335. The van der Waals surface area contributed by atoms with Gasteiger partial charge in [-0.25, -0.2) is 18.7 Å². The predicted octanol–water partition coefficient (Wildman–Crippen LogP) is 3.35. The summed E-state index contributed by atoms with van der Waals surface area (Å²) in [5.41, 5.74) is 2.43. The number of hydrogen-bond acceptors (Lipinski definition) is 6. The lowest BCUT2D eigenvalue weighted by atomic mass is 9.89. The Morgan fingerprint density at radius 3 is 2.71 bits per heavy atom. The molecule has 1 aromatic carbocycles. The van der Waals surface area contributed by atoms with Crippen molar-refractivity contribution in [3.8, 4) is 17.0 Å². The number of nitrogens with zero attached hydrogens (tertiary/aromatic N) is 2. The van der Waals surface area contributed by atoms with E-state index in [-0.39, 0.29) is 12.0 Å². The Bertz CT molecular complexity index is 1360. The van der Waals surface area contributed by atoms with E-state index < -0.39 is 42.0 Å². The Morgan fingerprint density at radius 2 is 2.00 bits per heavy atom. The van der Waals surface area contributed by atoms with Gasteiger partial charge in [-0.2, -0.15) is 0 Å². The molecule has 0 spiro atoms. The van der Waals surface area contributed by atoms with Gasteiger partial charge in [-0.3, -0.25) is 9.59 Å². The van der Waals surface area contributed by atoms with Crippen LogP contribution in [0.2, 0.25) is 0 Å². The molecule has 0 bridgehead atoms. The van der Waals surface area contributed by atoms with Crippen molar-refractivity contribution in [2.45, 2.75) is 70.3 Å². The first-order chi connectivity index (χ1) is 18.2. The summed E-state index contributed by atoms with van der Waals surface area (Å²) in [6.45, 7) is 3.61. The van der Waals surface area contributed by atoms with Crippen LogP contribution in [0, 0.1) is 18.7 Å². The molecule has 4 N–H and O–H groups in total. The van der Waals surface area contributed by atoms with Crippen LogP contribution in [-0.4, -0.2) is 62.8 Å². The lowest BCUT2D eigenvalue weighted by Gasteiger charge is -2.32. The number of aliphatic hydroxyl groups is 1. The minimum atomic E-state index is -1.37. The van der Waals surface area contributed by atoms with E-state index in [0.717, 1.165) is 12.8 Å². The van der Waals surface area contributed by atoms with Crippen molar-refractivity contribution in [1.29, 1.82) is 0 Å². The highest BCUT2D eigenvalue weighted by molar-refractivity contribution is 6.09. The van der Waals surface area contributed by atoms with Gasteiger partial charge in [0.15, 0.2) is 0 Å². The van der Waals surface area contributed by atoms with Crippen molar-refractivity contribution in [2.24, 2.45) is 5.92 Å². The van der Waals surface area contributed by atoms with E-state index in [9.17, 15) is 23.5 Å². The Hall–Kier alpha value is -3.60. The molecule has 2 heterocycles. The lowest BCUT2D eigenvalue weighted by molar-refractivity contribution is -0.129. The van der Waals surface area contributed by atoms with E-state index in [1.54, 1.807) is 13.0 Å². The number of carbonyl (C=O) groups is 2. The van der Waals surface area contributed by atoms with Crippen LogP contribution in [0.5, 0.6) is 5.75 Å². The Kier molecular flexibility index (Phi) is 7.29. The molecular formula is C27H31F2N5O4. The van der Waals surface area contributed by atoms with Crippen LogP contribution in [0.3, 0.4) is 0 Å². The number of benzene rings is 1. The van der Waals surface area contributed by atoms with Crippen LogP contribution in [0.25, 0.3) is 22.3 Å². The molecule has 11 heteroatoms. The van der Waals surface area contributed by atoms with E-state index in [0.29, 0.717) is 59.1 Å². The standard InChI is InChI=1S/C27H31F2N5O4/c1-13-22(27(37)34-20-7-6-17(10-19(20)29)33-26(36)14(2)35)24-25(32-13)23(30-12-31-24)18-9-16(28)5-8-21(18)38-11-15-3-4-15/h5,8-9,12,14-15,17,19-20,32,35H,3-4,6-7,10-11H2,1-2H3,(H,33,36)(H,34,37)/t14-,17-,19+,20+/m0/s1. The zero-order chi connectivity index (χ0) is 27.0. The number of ether oxygens (including phenoxy) is 1. The molecule has 2 aliphatic rings. The fourth-order valence-electron chi connectivity index (χ4n) is 4.88. The Labute approximate surface area is 218 Å². The fourth-order valence-corrected chi connectivity index (χ4v) is 4.88. The van der Waals surface area contributed by atoms with E-state index in [1.165, 1.54) is 25.4 Å². The summed E-state index contributed by atoms with van der Waals surface area (Å²) in [5.74, 6) is -0.474. The fraction of sp³-hybridized carbons (Fsp3) is 0.481. The van der Waals surface area contributed by atoms with Crippen molar-refractivity contribution < 1.29 is 28.2 Å². The van der Waals surface area contributed by atoms with E-state index in [1.807, 2.05) is 0 Å². The predicted molar refractivity (Wildman–Crippen MR) is 136 cm³/mol. The quantitative estimate of drug-likeness (QED) is 0.356. The maximum absolute atomic E-state index is 15.0. The number of aliphatic hydroxyl groups excluding tert-OH is 1. The molecule has 0 unspecified atom stereocenters. The third-order valence-electron chi connectivity index (χ3n) is 7.18. The van der Waals surface area contributed by atoms with Crippen LogP contribution in [0.1, 0.15) is 55.1 Å². The third kappa shape index (κ3) is 5.47. The number of carbonyl (C=O) groups excluding carboxylic acids is 2. The number of alkyl halides is 1.